The first-order chi connectivity index (χ1) is 6.63. The predicted octanol–water partition coefficient (Wildman–Crippen LogP) is 2.91. The Morgan fingerprint density at radius 2 is 1.71 bits per heavy atom. The Hall–Kier alpha value is -0.630. The van der Waals surface area contributed by atoms with E-state index in [-0.39, 0.29) is 18.4 Å². The van der Waals surface area contributed by atoms with Crippen LogP contribution in [0.25, 0.3) is 0 Å². The van der Waals surface area contributed by atoms with Gasteiger partial charge in [-0.05, 0) is 0 Å². The highest BCUT2D eigenvalue weighted by Gasteiger charge is 2.35. The fraction of sp³-hybridized carbons (Fsp3) is 0.400. The van der Waals surface area contributed by atoms with Gasteiger partial charge in [-0.1, -0.05) is 18.2 Å². The molecular weight excluding hydrogens is 199 g/mol. The monoisotopic (exact) mass is 214 g/mol. The molecule has 0 aromatic heterocycles. The minimum atomic E-state index is -3.02. The Kier molecular flexibility index (Phi) is 3.87. The van der Waals surface area contributed by atoms with Crippen LogP contribution in [0.15, 0.2) is 38.0 Å². The number of allylic oxidation sites excluding steroid dienone is 1. The molecule has 1 aliphatic rings. The van der Waals surface area contributed by atoms with Gasteiger partial charge < -0.3 is 9.05 Å². The minimum absolute atomic E-state index is 0.224. The zero-order valence-electron chi connectivity index (χ0n) is 8.09. The average Bonchev–Trinajstić information content (AvgIpc) is 2.16. The molecule has 1 heterocycles. The number of rotatable bonds is 4. The summed E-state index contributed by atoms with van der Waals surface area (Å²) >= 11 is 0. The highest BCUT2D eigenvalue weighted by atomic mass is 31.2. The van der Waals surface area contributed by atoms with Crippen LogP contribution in [0.5, 0.6) is 0 Å². The Morgan fingerprint density at radius 1 is 1.21 bits per heavy atom. The molecule has 0 aliphatic carbocycles. The maximum absolute atomic E-state index is 12.0. The van der Waals surface area contributed by atoms with Crippen molar-refractivity contribution in [2.45, 2.75) is 18.6 Å². The van der Waals surface area contributed by atoms with E-state index < -0.39 is 7.60 Å². The zero-order valence-corrected chi connectivity index (χ0v) is 8.99. The van der Waals surface area contributed by atoms with E-state index in [0.717, 1.165) is 0 Å². The molecule has 3 atom stereocenters. The molecule has 1 rings (SSSR count). The Morgan fingerprint density at radius 3 is 2.07 bits per heavy atom. The van der Waals surface area contributed by atoms with E-state index in [1.54, 1.807) is 12.2 Å². The molecule has 0 N–H and O–H groups in total. The lowest BCUT2D eigenvalue weighted by Gasteiger charge is -2.32. The van der Waals surface area contributed by atoms with Crippen molar-refractivity contribution in [3.8, 4) is 0 Å². The van der Waals surface area contributed by atoms with Gasteiger partial charge in [0.2, 0.25) is 0 Å². The third-order valence-electron chi connectivity index (χ3n) is 1.94. The van der Waals surface area contributed by atoms with Crippen molar-refractivity contribution >= 4 is 7.60 Å². The van der Waals surface area contributed by atoms with Crippen molar-refractivity contribution in [1.82, 2.24) is 0 Å². The van der Waals surface area contributed by atoms with Crippen LogP contribution in [-0.4, -0.2) is 18.4 Å². The standard InChI is InChI=1S/C10H15O3P/c1-4-7-14(11)12-9(5-2)8-10(6-3)13-14/h4-6,9-10H,1-3,7-8H2/t9-,10+,14?. The first-order valence-electron chi connectivity index (χ1n) is 4.45. The van der Waals surface area contributed by atoms with Gasteiger partial charge in [0.15, 0.2) is 0 Å². The van der Waals surface area contributed by atoms with E-state index >= 15 is 0 Å². The van der Waals surface area contributed by atoms with Crippen LogP contribution in [0.1, 0.15) is 6.42 Å². The molecule has 0 amide bonds. The minimum Gasteiger partial charge on any atom is -0.301 e. The molecule has 0 saturated carbocycles. The van der Waals surface area contributed by atoms with Crippen molar-refractivity contribution < 1.29 is 13.6 Å². The molecule has 0 aromatic rings. The summed E-state index contributed by atoms with van der Waals surface area (Å²) in [5.74, 6) is 0. The molecular formula is C10H15O3P. The van der Waals surface area contributed by atoms with Crippen molar-refractivity contribution in [3.63, 3.8) is 0 Å². The van der Waals surface area contributed by atoms with Crippen LogP contribution in [-0.2, 0) is 13.6 Å². The highest BCUT2D eigenvalue weighted by molar-refractivity contribution is 7.54. The van der Waals surface area contributed by atoms with Gasteiger partial charge >= 0.3 is 7.60 Å². The fourth-order valence-corrected chi connectivity index (χ4v) is 2.98. The van der Waals surface area contributed by atoms with E-state index in [4.69, 9.17) is 9.05 Å². The lowest BCUT2D eigenvalue weighted by atomic mass is 10.1. The van der Waals surface area contributed by atoms with E-state index in [9.17, 15) is 4.57 Å². The van der Waals surface area contributed by atoms with Gasteiger partial charge in [-0.3, -0.25) is 4.57 Å². The summed E-state index contributed by atoms with van der Waals surface area (Å²) in [7, 11) is -3.02. The summed E-state index contributed by atoms with van der Waals surface area (Å²) in [6.45, 7) is 10.8. The summed E-state index contributed by atoms with van der Waals surface area (Å²) < 4.78 is 22.5. The molecule has 3 nitrogen and oxygen atoms in total. The van der Waals surface area contributed by atoms with Gasteiger partial charge in [0.25, 0.3) is 0 Å². The van der Waals surface area contributed by atoms with E-state index in [0.29, 0.717) is 6.42 Å². The molecule has 14 heavy (non-hydrogen) atoms. The summed E-state index contributed by atoms with van der Waals surface area (Å²) in [6, 6.07) is 0. The Labute approximate surface area is 84.6 Å². The lowest BCUT2D eigenvalue weighted by molar-refractivity contribution is 0.0761. The maximum Gasteiger partial charge on any atom is 0.335 e. The molecule has 1 fully saturated rings. The van der Waals surface area contributed by atoms with Crippen LogP contribution in [0.3, 0.4) is 0 Å². The SMILES string of the molecule is C=CCP1(=O)O[C@H](C=C)C[C@H](C=C)O1. The Bertz CT molecular complexity index is 265. The lowest BCUT2D eigenvalue weighted by Crippen LogP contribution is -2.26. The van der Waals surface area contributed by atoms with Gasteiger partial charge in [-0.25, -0.2) is 0 Å². The first-order valence-corrected chi connectivity index (χ1v) is 6.18. The second-order valence-electron chi connectivity index (χ2n) is 3.08. The van der Waals surface area contributed by atoms with Gasteiger partial charge in [-0.15, -0.1) is 19.7 Å². The van der Waals surface area contributed by atoms with Gasteiger partial charge in [0, 0.05) is 6.42 Å². The molecule has 0 spiro atoms. The maximum atomic E-state index is 12.0. The zero-order chi connectivity index (χ0) is 10.6. The Balaban J connectivity index is 2.77. The van der Waals surface area contributed by atoms with Crippen LogP contribution < -0.4 is 0 Å². The fourth-order valence-electron chi connectivity index (χ4n) is 1.28. The van der Waals surface area contributed by atoms with E-state index in [2.05, 4.69) is 19.7 Å². The van der Waals surface area contributed by atoms with E-state index in [1.165, 1.54) is 6.08 Å². The second kappa shape index (κ2) is 4.74. The normalized spacial score (nSPS) is 37.4. The van der Waals surface area contributed by atoms with Crippen LogP contribution in [0, 0.1) is 0 Å². The predicted molar refractivity (Wildman–Crippen MR) is 57.4 cm³/mol. The number of hydrogen-bond donors (Lipinski definition) is 0. The molecule has 4 heteroatoms. The van der Waals surface area contributed by atoms with Gasteiger partial charge in [0.05, 0.1) is 18.4 Å². The highest BCUT2D eigenvalue weighted by Crippen LogP contribution is 2.54. The first kappa shape index (κ1) is 11.4. The van der Waals surface area contributed by atoms with Crippen molar-refractivity contribution in [1.29, 1.82) is 0 Å². The van der Waals surface area contributed by atoms with E-state index in [1.807, 2.05) is 0 Å². The summed E-state index contributed by atoms with van der Waals surface area (Å²) in [5, 5.41) is 0. The molecule has 1 aliphatic heterocycles. The van der Waals surface area contributed by atoms with Crippen LogP contribution in [0.4, 0.5) is 0 Å². The molecule has 78 valence electrons. The summed E-state index contributed by atoms with van der Waals surface area (Å²) in [4.78, 5) is 0. The molecule has 0 bridgehead atoms. The summed E-state index contributed by atoms with van der Waals surface area (Å²) in [6.07, 6.45) is 5.20. The van der Waals surface area contributed by atoms with Crippen molar-refractivity contribution in [2.24, 2.45) is 0 Å². The topological polar surface area (TPSA) is 35.5 Å². The van der Waals surface area contributed by atoms with Crippen LogP contribution in [0.2, 0.25) is 0 Å². The largest absolute Gasteiger partial charge is 0.335 e. The quantitative estimate of drug-likeness (QED) is 0.533. The van der Waals surface area contributed by atoms with Crippen molar-refractivity contribution in [2.75, 3.05) is 6.16 Å². The van der Waals surface area contributed by atoms with Crippen LogP contribution >= 0.6 is 7.60 Å². The third kappa shape index (κ3) is 2.68. The van der Waals surface area contributed by atoms with Gasteiger partial charge in [0.1, 0.15) is 0 Å². The summed E-state index contributed by atoms with van der Waals surface area (Å²) in [5.41, 5.74) is 0. The second-order valence-corrected chi connectivity index (χ2v) is 5.09. The molecule has 1 saturated heterocycles. The van der Waals surface area contributed by atoms with Crippen molar-refractivity contribution in [3.05, 3.63) is 38.0 Å². The smallest absolute Gasteiger partial charge is 0.301 e. The number of hydrogen-bond acceptors (Lipinski definition) is 3. The molecule has 0 radical (unpaired) electrons. The molecule has 1 unspecified atom stereocenters. The average molecular weight is 214 g/mol. The molecule has 0 aromatic carbocycles. The third-order valence-corrected chi connectivity index (χ3v) is 3.82. The van der Waals surface area contributed by atoms with Gasteiger partial charge in [-0.2, -0.15) is 0 Å².